The fourth-order valence-electron chi connectivity index (χ4n) is 1.69. The van der Waals surface area contributed by atoms with Crippen LogP contribution in [0, 0.1) is 5.92 Å². The summed E-state index contributed by atoms with van der Waals surface area (Å²) in [5, 5.41) is 3.97. The van der Waals surface area contributed by atoms with Crippen molar-refractivity contribution in [3.05, 3.63) is 40.1 Å². The first-order valence-corrected chi connectivity index (χ1v) is 6.97. The Labute approximate surface area is 120 Å². The Morgan fingerprint density at radius 2 is 2.22 bits per heavy atom. The highest BCUT2D eigenvalue weighted by Crippen LogP contribution is 2.31. The average Bonchev–Trinajstić information content (AvgIpc) is 2.72. The molecule has 0 fully saturated rings. The number of aromatic nitrogens is 2. The third-order valence-corrected chi connectivity index (χ3v) is 3.87. The quantitative estimate of drug-likeness (QED) is 0.881. The van der Waals surface area contributed by atoms with Crippen LogP contribution in [-0.2, 0) is 6.54 Å². The Balaban J connectivity index is 2.24. The van der Waals surface area contributed by atoms with Gasteiger partial charge in [0.2, 0.25) is 5.95 Å². The van der Waals surface area contributed by atoms with Crippen molar-refractivity contribution in [2.24, 2.45) is 5.92 Å². The molecule has 0 atom stereocenters. The van der Waals surface area contributed by atoms with Crippen LogP contribution in [0.2, 0.25) is 5.02 Å². The van der Waals surface area contributed by atoms with Crippen molar-refractivity contribution in [2.45, 2.75) is 20.4 Å². The molecule has 2 rings (SSSR count). The molecule has 1 N–H and O–H groups in total. The third-order valence-electron chi connectivity index (χ3n) is 2.48. The van der Waals surface area contributed by atoms with Crippen LogP contribution < -0.4 is 5.32 Å². The third kappa shape index (κ3) is 3.06. The summed E-state index contributed by atoms with van der Waals surface area (Å²) in [7, 11) is 0. The number of imidazole rings is 1. The summed E-state index contributed by atoms with van der Waals surface area (Å²) in [5.74, 6) is 1.40. The first-order chi connectivity index (χ1) is 8.58. The van der Waals surface area contributed by atoms with E-state index in [1.807, 2.05) is 24.4 Å². The lowest BCUT2D eigenvalue weighted by atomic mass is 10.2. The minimum absolute atomic E-state index is 0.572. The molecule has 0 unspecified atom stereocenters. The second kappa shape index (κ2) is 5.76. The van der Waals surface area contributed by atoms with Gasteiger partial charge in [-0.15, -0.1) is 0 Å². The lowest BCUT2D eigenvalue weighted by Crippen LogP contribution is -2.07. The number of hydrogen-bond acceptors (Lipinski definition) is 2. The molecule has 3 nitrogen and oxygen atoms in total. The van der Waals surface area contributed by atoms with Gasteiger partial charge in [-0.1, -0.05) is 31.5 Å². The van der Waals surface area contributed by atoms with E-state index in [0.717, 1.165) is 22.7 Å². The van der Waals surface area contributed by atoms with Crippen LogP contribution in [-0.4, -0.2) is 9.55 Å². The fraction of sp³-hybridized carbons (Fsp3) is 0.308. The number of hydrogen-bond donors (Lipinski definition) is 1. The number of benzene rings is 1. The maximum atomic E-state index is 6.06. The van der Waals surface area contributed by atoms with Crippen LogP contribution in [0.25, 0.3) is 0 Å². The van der Waals surface area contributed by atoms with E-state index in [4.69, 9.17) is 11.6 Å². The van der Waals surface area contributed by atoms with E-state index in [0.29, 0.717) is 10.9 Å². The van der Waals surface area contributed by atoms with Crippen molar-refractivity contribution >= 4 is 39.2 Å². The smallest absolute Gasteiger partial charge is 0.207 e. The first kappa shape index (κ1) is 13.4. The predicted molar refractivity (Wildman–Crippen MR) is 79.5 cm³/mol. The minimum atomic E-state index is 0.572. The number of halogens is 2. The van der Waals surface area contributed by atoms with Crippen molar-refractivity contribution in [1.29, 1.82) is 0 Å². The van der Waals surface area contributed by atoms with Gasteiger partial charge in [-0.2, -0.15) is 0 Å². The molecule has 5 heteroatoms. The van der Waals surface area contributed by atoms with Crippen molar-refractivity contribution in [3.63, 3.8) is 0 Å². The standard InChI is InChI=1S/C13H15BrClN3/c1-9(2)8-18-7-6-16-13(18)17-11-5-3-4-10(15)12(11)14/h3-7,9H,8H2,1-2H3,(H,16,17). The van der Waals surface area contributed by atoms with Gasteiger partial charge in [0.05, 0.1) is 15.2 Å². The molecule has 0 aliphatic heterocycles. The van der Waals surface area contributed by atoms with Gasteiger partial charge in [-0.05, 0) is 34.0 Å². The monoisotopic (exact) mass is 327 g/mol. The Hall–Kier alpha value is -1.000. The van der Waals surface area contributed by atoms with Gasteiger partial charge in [0.1, 0.15) is 0 Å². The second-order valence-electron chi connectivity index (χ2n) is 4.52. The van der Waals surface area contributed by atoms with E-state index in [1.54, 1.807) is 6.20 Å². The Bertz CT molecular complexity index is 537. The molecule has 0 aliphatic carbocycles. The molecule has 2 aromatic rings. The number of anilines is 2. The second-order valence-corrected chi connectivity index (χ2v) is 5.72. The SMILES string of the molecule is CC(C)Cn1ccnc1Nc1cccc(Cl)c1Br. The molecule has 0 spiro atoms. The molecule has 0 amide bonds. The van der Waals surface area contributed by atoms with Crippen LogP contribution in [0.15, 0.2) is 35.1 Å². The van der Waals surface area contributed by atoms with Gasteiger partial charge in [0, 0.05) is 18.9 Å². The summed E-state index contributed by atoms with van der Waals surface area (Å²) >= 11 is 9.53. The maximum Gasteiger partial charge on any atom is 0.207 e. The number of nitrogens with zero attached hydrogens (tertiary/aromatic N) is 2. The lowest BCUT2D eigenvalue weighted by molar-refractivity contribution is 0.527. The van der Waals surface area contributed by atoms with E-state index >= 15 is 0 Å². The van der Waals surface area contributed by atoms with Crippen LogP contribution in [0.1, 0.15) is 13.8 Å². The molecule has 0 bridgehead atoms. The van der Waals surface area contributed by atoms with E-state index in [9.17, 15) is 0 Å². The van der Waals surface area contributed by atoms with E-state index in [-0.39, 0.29) is 0 Å². The Morgan fingerprint density at radius 3 is 2.94 bits per heavy atom. The zero-order valence-corrected chi connectivity index (χ0v) is 12.7. The maximum absolute atomic E-state index is 6.06. The molecule has 0 aliphatic rings. The van der Waals surface area contributed by atoms with E-state index < -0.39 is 0 Å². The number of nitrogens with one attached hydrogen (secondary N) is 1. The highest BCUT2D eigenvalue weighted by atomic mass is 79.9. The van der Waals surface area contributed by atoms with Gasteiger partial charge in [0.25, 0.3) is 0 Å². The average molecular weight is 329 g/mol. The lowest BCUT2D eigenvalue weighted by Gasteiger charge is -2.13. The van der Waals surface area contributed by atoms with Crippen LogP contribution in [0.5, 0.6) is 0 Å². The molecule has 96 valence electrons. The predicted octanol–water partition coefficient (Wildman–Crippen LogP) is 4.70. The van der Waals surface area contributed by atoms with Gasteiger partial charge < -0.3 is 9.88 Å². The van der Waals surface area contributed by atoms with Crippen LogP contribution in [0.4, 0.5) is 11.6 Å². The molecular formula is C13H15BrClN3. The van der Waals surface area contributed by atoms with Crippen molar-refractivity contribution < 1.29 is 0 Å². The topological polar surface area (TPSA) is 29.9 Å². The molecule has 0 radical (unpaired) electrons. The highest BCUT2D eigenvalue weighted by molar-refractivity contribution is 9.10. The minimum Gasteiger partial charge on any atom is -0.325 e. The highest BCUT2D eigenvalue weighted by Gasteiger charge is 2.08. The van der Waals surface area contributed by atoms with Crippen LogP contribution in [0.3, 0.4) is 0 Å². The summed E-state index contributed by atoms with van der Waals surface area (Å²) < 4.78 is 2.95. The van der Waals surface area contributed by atoms with Crippen molar-refractivity contribution in [2.75, 3.05) is 5.32 Å². The molecule has 0 saturated heterocycles. The normalized spacial score (nSPS) is 10.9. The molecule has 1 aromatic heterocycles. The van der Waals surface area contributed by atoms with Crippen LogP contribution >= 0.6 is 27.5 Å². The summed E-state index contributed by atoms with van der Waals surface area (Å²) in [6.07, 6.45) is 3.77. The van der Waals surface area contributed by atoms with Gasteiger partial charge >= 0.3 is 0 Å². The van der Waals surface area contributed by atoms with Crippen molar-refractivity contribution in [3.8, 4) is 0 Å². The number of rotatable bonds is 4. The zero-order valence-electron chi connectivity index (χ0n) is 10.3. The molecule has 18 heavy (non-hydrogen) atoms. The Kier molecular flexibility index (Phi) is 4.30. The van der Waals surface area contributed by atoms with Crippen molar-refractivity contribution in [1.82, 2.24) is 9.55 Å². The molecular weight excluding hydrogens is 314 g/mol. The summed E-state index contributed by atoms with van der Waals surface area (Å²) in [6, 6.07) is 5.72. The van der Waals surface area contributed by atoms with Gasteiger partial charge in [0.15, 0.2) is 0 Å². The molecule has 1 aromatic carbocycles. The molecule has 1 heterocycles. The van der Waals surface area contributed by atoms with Gasteiger partial charge in [-0.3, -0.25) is 0 Å². The van der Waals surface area contributed by atoms with E-state index in [1.165, 1.54) is 0 Å². The fourth-order valence-corrected chi connectivity index (χ4v) is 2.23. The zero-order chi connectivity index (χ0) is 13.1. The first-order valence-electron chi connectivity index (χ1n) is 5.80. The van der Waals surface area contributed by atoms with Gasteiger partial charge in [-0.25, -0.2) is 4.98 Å². The summed E-state index contributed by atoms with van der Waals surface area (Å²) in [5.41, 5.74) is 0.915. The largest absolute Gasteiger partial charge is 0.325 e. The molecule has 0 saturated carbocycles. The van der Waals surface area contributed by atoms with E-state index in [2.05, 4.69) is 44.6 Å². The summed E-state index contributed by atoms with van der Waals surface area (Å²) in [4.78, 5) is 4.32. The Morgan fingerprint density at radius 1 is 1.44 bits per heavy atom. The summed E-state index contributed by atoms with van der Waals surface area (Å²) in [6.45, 7) is 5.29.